The molecule has 4 nitrogen and oxygen atoms in total. The molecule has 0 bridgehead atoms. The molecule has 3 rings (SSSR count). The van der Waals surface area contributed by atoms with Crippen LogP contribution >= 0.6 is 0 Å². The van der Waals surface area contributed by atoms with Crippen molar-refractivity contribution in [2.24, 2.45) is 0 Å². The Bertz CT molecular complexity index is 466. The maximum atomic E-state index is 10.4. The van der Waals surface area contributed by atoms with Gasteiger partial charge in [-0.25, -0.2) is 0 Å². The van der Waals surface area contributed by atoms with Gasteiger partial charge in [0.25, 0.3) is 0 Å². The largest absolute Gasteiger partial charge is 0.497 e. The highest BCUT2D eigenvalue weighted by Crippen LogP contribution is 2.27. The number of piperidine rings is 1. The molecule has 0 aliphatic carbocycles. The first-order valence-corrected chi connectivity index (χ1v) is 8.07. The minimum Gasteiger partial charge on any atom is -0.497 e. The SMILES string of the molecule is COc1cccc(C(O)CNC2CCN3CCCCC23)c1. The molecule has 0 aromatic heterocycles. The molecule has 2 aliphatic rings. The highest BCUT2D eigenvalue weighted by atomic mass is 16.5. The molecule has 0 radical (unpaired) electrons. The first kappa shape index (κ1) is 14.8. The quantitative estimate of drug-likeness (QED) is 0.870. The fraction of sp³-hybridized carbons (Fsp3) is 0.647. The molecule has 2 fully saturated rings. The molecule has 1 aromatic carbocycles. The number of fused-ring (bicyclic) bond motifs is 1. The van der Waals surface area contributed by atoms with E-state index >= 15 is 0 Å². The van der Waals surface area contributed by atoms with Crippen molar-refractivity contribution >= 4 is 0 Å². The van der Waals surface area contributed by atoms with Crippen molar-refractivity contribution in [2.75, 3.05) is 26.7 Å². The minimum absolute atomic E-state index is 0.474. The van der Waals surface area contributed by atoms with E-state index in [1.165, 1.54) is 38.8 Å². The highest BCUT2D eigenvalue weighted by molar-refractivity contribution is 5.29. The van der Waals surface area contributed by atoms with Crippen LogP contribution in [0, 0.1) is 0 Å². The number of aliphatic hydroxyl groups excluding tert-OH is 1. The van der Waals surface area contributed by atoms with Gasteiger partial charge in [-0.3, -0.25) is 4.90 Å². The van der Waals surface area contributed by atoms with E-state index in [-0.39, 0.29) is 0 Å². The summed E-state index contributed by atoms with van der Waals surface area (Å²) in [5, 5.41) is 13.9. The van der Waals surface area contributed by atoms with Gasteiger partial charge in [0.05, 0.1) is 13.2 Å². The van der Waals surface area contributed by atoms with Crippen LogP contribution < -0.4 is 10.1 Å². The maximum absolute atomic E-state index is 10.4. The van der Waals surface area contributed by atoms with E-state index in [1.54, 1.807) is 7.11 Å². The van der Waals surface area contributed by atoms with Crippen LogP contribution in [0.15, 0.2) is 24.3 Å². The highest BCUT2D eigenvalue weighted by Gasteiger charge is 2.35. The summed E-state index contributed by atoms with van der Waals surface area (Å²) in [5.74, 6) is 0.797. The minimum atomic E-state index is -0.474. The van der Waals surface area contributed by atoms with E-state index in [2.05, 4.69) is 10.2 Å². The first-order valence-electron chi connectivity index (χ1n) is 8.07. The normalized spacial score (nSPS) is 27.3. The van der Waals surface area contributed by atoms with E-state index in [4.69, 9.17) is 4.74 Å². The predicted octanol–water partition coefficient (Wildman–Crippen LogP) is 1.94. The number of benzene rings is 1. The molecule has 3 atom stereocenters. The lowest BCUT2D eigenvalue weighted by Gasteiger charge is -2.33. The van der Waals surface area contributed by atoms with Gasteiger partial charge in [-0.1, -0.05) is 18.6 Å². The Morgan fingerprint density at radius 3 is 3.10 bits per heavy atom. The summed E-state index contributed by atoms with van der Waals surface area (Å²) >= 11 is 0. The Hall–Kier alpha value is -1.10. The topological polar surface area (TPSA) is 44.7 Å². The molecular formula is C17H26N2O2. The Balaban J connectivity index is 1.54. The lowest BCUT2D eigenvalue weighted by Crippen LogP contribution is -2.45. The van der Waals surface area contributed by atoms with Crippen molar-refractivity contribution in [2.45, 2.75) is 43.9 Å². The zero-order valence-electron chi connectivity index (χ0n) is 12.8. The number of hydrogen-bond acceptors (Lipinski definition) is 4. The van der Waals surface area contributed by atoms with Gasteiger partial charge in [-0.2, -0.15) is 0 Å². The predicted molar refractivity (Wildman–Crippen MR) is 83.6 cm³/mol. The Labute approximate surface area is 127 Å². The number of nitrogens with one attached hydrogen (secondary N) is 1. The van der Waals surface area contributed by atoms with Crippen molar-refractivity contribution in [3.8, 4) is 5.75 Å². The van der Waals surface area contributed by atoms with Gasteiger partial charge in [0.1, 0.15) is 5.75 Å². The standard InChI is InChI=1S/C17H26N2O2/c1-21-14-6-4-5-13(11-14)17(20)12-18-15-8-10-19-9-3-2-7-16(15)19/h4-6,11,15-18,20H,2-3,7-10,12H2,1H3. The molecular weight excluding hydrogens is 264 g/mol. The van der Waals surface area contributed by atoms with Crippen molar-refractivity contribution in [1.29, 1.82) is 0 Å². The molecule has 0 amide bonds. The van der Waals surface area contributed by atoms with E-state index < -0.39 is 6.10 Å². The number of nitrogens with zero attached hydrogens (tertiary/aromatic N) is 1. The molecule has 2 heterocycles. The second kappa shape index (κ2) is 6.77. The first-order chi connectivity index (χ1) is 10.3. The molecule has 0 spiro atoms. The molecule has 116 valence electrons. The third-order valence-corrected chi connectivity index (χ3v) is 4.91. The van der Waals surface area contributed by atoms with E-state index in [0.717, 1.165) is 11.3 Å². The Morgan fingerprint density at radius 2 is 2.24 bits per heavy atom. The third kappa shape index (κ3) is 3.39. The van der Waals surface area contributed by atoms with Gasteiger partial charge in [-0.05, 0) is 43.5 Å². The van der Waals surface area contributed by atoms with Gasteiger partial charge in [0, 0.05) is 25.2 Å². The zero-order chi connectivity index (χ0) is 14.7. The van der Waals surface area contributed by atoms with Gasteiger partial charge in [0.2, 0.25) is 0 Å². The number of rotatable bonds is 5. The van der Waals surface area contributed by atoms with Crippen LogP contribution in [0.4, 0.5) is 0 Å². The maximum Gasteiger partial charge on any atom is 0.119 e. The summed E-state index contributed by atoms with van der Waals surface area (Å²) in [4.78, 5) is 2.61. The lowest BCUT2D eigenvalue weighted by atomic mass is 9.98. The van der Waals surface area contributed by atoms with E-state index in [9.17, 15) is 5.11 Å². The van der Waals surface area contributed by atoms with Crippen molar-refractivity contribution in [1.82, 2.24) is 10.2 Å². The van der Waals surface area contributed by atoms with Crippen LogP contribution in [0.5, 0.6) is 5.75 Å². The summed E-state index contributed by atoms with van der Waals surface area (Å²) in [6.45, 7) is 3.07. The van der Waals surface area contributed by atoms with Crippen LogP contribution in [0.1, 0.15) is 37.4 Å². The molecule has 2 saturated heterocycles. The van der Waals surface area contributed by atoms with Crippen molar-refractivity contribution in [3.63, 3.8) is 0 Å². The van der Waals surface area contributed by atoms with Crippen molar-refractivity contribution < 1.29 is 9.84 Å². The molecule has 4 heteroatoms. The molecule has 3 unspecified atom stereocenters. The van der Waals surface area contributed by atoms with Crippen LogP contribution in [0.3, 0.4) is 0 Å². The Kier molecular flexibility index (Phi) is 4.78. The molecule has 0 saturated carbocycles. The second-order valence-corrected chi connectivity index (χ2v) is 6.19. The van der Waals surface area contributed by atoms with E-state index in [1.807, 2.05) is 24.3 Å². The lowest BCUT2D eigenvalue weighted by molar-refractivity contribution is 0.150. The smallest absolute Gasteiger partial charge is 0.119 e. The van der Waals surface area contributed by atoms with Crippen molar-refractivity contribution in [3.05, 3.63) is 29.8 Å². The zero-order valence-corrected chi connectivity index (χ0v) is 12.8. The summed E-state index contributed by atoms with van der Waals surface area (Å²) in [6.07, 6.45) is 4.72. The third-order valence-electron chi connectivity index (χ3n) is 4.91. The summed E-state index contributed by atoms with van der Waals surface area (Å²) in [7, 11) is 1.65. The molecule has 1 aromatic rings. The van der Waals surface area contributed by atoms with E-state index in [0.29, 0.717) is 18.6 Å². The van der Waals surface area contributed by atoms with Gasteiger partial charge in [0.15, 0.2) is 0 Å². The monoisotopic (exact) mass is 290 g/mol. The summed E-state index contributed by atoms with van der Waals surface area (Å²) in [5.41, 5.74) is 0.917. The van der Waals surface area contributed by atoms with Crippen LogP contribution in [-0.4, -0.2) is 48.8 Å². The molecule has 2 N–H and O–H groups in total. The van der Waals surface area contributed by atoms with Crippen LogP contribution in [0.2, 0.25) is 0 Å². The summed E-state index contributed by atoms with van der Waals surface area (Å²) in [6, 6.07) is 8.91. The van der Waals surface area contributed by atoms with Gasteiger partial charge < -0.3 is 15.2 Å². The molecule has 2 aliphatic heterocycles. The van der Waals surface area contributed by atoms with Gasteiger partial charge >= 0.3 is 0 Å². The van der Waals surface area contributed by atoms with Gasteiger partial charge in [-0.15, -0.1) is 0 Å². The summed E-state index contributed by atoms with van der Waals surface area (Å²) < 4.78 is 5.22. The number of methoxy groups -OCH3 is 1. The number of hydrogen-bond donors (Lipinski definition) is 2. The average Bonchev–Trinajstić information content (AvgIpc) is 2.96. The molecule has 21 heavy (non-hydrogen) atoms. The number of aliphatic hydroxyl groups is 1. The average molecular weight is 290 g/mol. The Morgan fingerprint density at radius 1 is 1.33 bits per heavy atom. The fourth-order valence-electron chi connectivity index (χ4n) is 3.72. The fourth-order valence-corrected chi connectivity index (χ4v) is 3.72. The second-order valence-electron chi connectivity index (χ2n) is 6.19. The van der Waals surface area contributed by atoms with Crippen LogP contribution in [-0.2, 0) is 0 Å². The van der Waals surface area contributed by atoms with Crippen LogP contribution in [0.25, 0.3) is 0 Å². The number of ether oxygens (including phenoxy) is 1.